The lowest BCUT2D eigenvalue weighted by molar-refractivity contribution is 0.487. The van der Waals surface area contributed by atoms with Gasteiger partial charge in [0.25, 0.3) is 0 Å². The Bertz CT molecular complexity index is 717. The van der Waals surface area contributed by atoms with Crippen molar-refractivity contribution >= 4 is 5.69 Å². The van der Waals surface area contributed by atoms with E-state index in [1.165, 1.54) is 0 Å². The first kappa shape index (κ1) is 14.9. The van der Waals surface area contributed by atoms with Gasteiger partial charge in [0, 0.05) is 18.4 Å². The van der Waals surface area contributed by atoms with Crippen molar-refractivity contribution in [3.63, 3.8) is 0 Å². The number of nitrogens with zero attached hydrogens (tertiary/aromatic N) is 3. The summed E-state index contributed by atoms with van der Waals surface area (Å²) in [5, 5.41) is 9.28. The van der Waals surface area contributed by atoms with E-state index in [9.17, 15) is 5.26 Å². The van der Waals surface area contributed by atoms with E-state index >= 15 is 0 Å². The number of anilines is 1. The Labute approximate surface area is 127 Å². The molecule has 1 heterocycles. The van der Waals surface area contributed by atoms with Gasteiger partial charge in [0.1, 0.15) is 5.82 Å². The van der Waals surface area contributed by atoms with Gasteiger partial charge < -0.3 is 4.90 Å². The average molecular weight is 279 g/mol. The zero-order valence-electron chi connectivity index (χ0n) is 13.4. The monoisotopic (exact) mass is 279 g/mol. The minimum atomic E-state index is 0.683. The summed E-state index contributed by atoms with van der Waals surface area (Å²) in [6.45, 7) is 16.5. The van der Waals surface area contributed by atoms with E-state index in [0.29, 0.717) is 5.56 Å². The van der Waals surface area contributed by atoms with Gasteiger partial charge in [-0.3, -0.25) is 4.90 Å². The summed E-state index contributed by atoms with van der Waals surface area (Å²) >= 11 is 0. The van der Waals surface area contributed by atoms with Crippen LogP contribution < -0.4 is 4.90 Å². The number of rotatable bonds is 1. The first-order valence-corrected chi connectivity index (χ1v) is 6.90. The molecule has 0 N–H and O–H groups in total. The molecular formula is C18H21N3. The predicted molar refractivity (Wildman–Crippen MR) is 87.5 cm³/mol. The highest BCUT2D eigenvalue weighted by molar-refractivity contribution is 5.69. The van der Waals surface area contributed by atoms with E-state index in [-0.39, 0.29) is 0 Å². The molecule has 108 valence electrons. The van der Waals surface area contributed by atoms with Crippen LogP contribution in [0.5, 0.6) is 0 Å². The first-order valence-electron chi connectivity index (χ1n) is 6.90. The molecule has 1 aromatic carbocycles. The minimum Gasteiger partial charge on any atom is -0.335 e. The molecule has 0 amide bonds. The van der Waals surface area contributed by atoms with Crippen molar-refractivity contribution in [3.8, 4) is 6.07 Å². The lowest BCUT2D eigenvalue weighted by Gasteiger charge is -2.41. The normalized spacial score (nSPS) is 15.6. The van der Waals surface area contributed by atoms with Crippen LogP contribution in [0, 0.1) is 25.2 Å². The number of hydrogen-bond donors (Lipinski definition) is 0. The van der Waals surface area contributed by atoms with Crippen LogP contribution in [-0.4, -0.2) is 11.9 Å². The van der Waals surface area contributed by atoms with Crippen molar-refractivity contribution < 1.29 is 0 Å². The average Bonchev–Trinajstić information content (AvgIpc) is 2.45. The molecule has 0 spiro atoms. The van der Waals surface area contributed by atoms with E-state index in [2.05, 4.69) is 38.0 Å². The van der Waals surface area contributed by atoms with Crippen molar-refractivity contribution in [3.05, 3.63) is 64.8 Å². The predicted octanol–water partition coefficient (Wildman–Crippen LogP) is 4.21. The molecule has 1 aromatic rings. The van der Waals surface area contributed by atoms with E-state index in [1.807, 2.05) is 37.9 Å². The zero-order chi connectivity index (χ0) is 15.9. The third-order valence-corrected chi connectivity index (χ3v) is 4.30. The molecule has 0 bridgehead atoms. The Morgan fingerprint density at radius 2 is 1.67 bits per heavy atom. The van der Waals surface area contributed by atoms with Gasteiger partial charge in [0.05, 0.1) is 17.3 Å². The SMILES string of the molecule is C=C1C(C)=C(C)N(C)C(=C)N1c1cc(C#N)c(C)cc1C. The van der Waals surface area contributed by atoms with Gasteiger partial charge in [-0.2, -0.15) is 5.26 Å². The largest absolute Gasteiger partial charge is 0.335 e. The summed E-state index contributed by atoms with van der Waals surface area (Å²) in [5.74, 6) is 0.846. The van der Waals surface area contributed by atoms with Crippen LogP contribution in [0.3, 0.4) is 0 Å². The molecule has 21 heavy (non-hydrogen) atoms. The molecule has 0 radical (unpaired) electrons. The summed E-state index contributed by atoms with van der Waals surface area (Å²) in [7, 11) is 2.00. The van der Waals surface area contributed by atoms with Crippen LogP contribution >= 0.6 is 0 Å². The molecule has 0 saturated heterocycles. The Kier molecular flexibility index (Phi) is 3.65. The molecule has 3 nitrogen and oxygen atoms in total. The Morgan fingerprint density at radius 3 is 2.24 bits per heavy atom. The van der Waals surface area contributed by atoms with Crippen LogP contribution in [0.25, 0.3) is 0 Å². The molecule has 0 unspecified atom stereocenters. The molecule has 2 rings (SSSR count). The highest BCUT2D eigenvalue weighted by Crippen LogP contribution is 2.37. The second-order valence-corrected chi connectivity index (χ2v) is 5.53. The van der Waals surface area contributed by atoms with E-state index in [4.69, 9.17) is 0 Å². The van der Waals surface area contributed by atoms with Gasteiger partial charge in [0.2, 0.25) is 0 Å². The van der Waals surface area contributed by atoms with Crippen molar-refractivity contribution in [1.29, 1.82) is 5.26 Å². The van der Waals surface area contributed by atoms with Crippen molar-refractivity contribution in [2.45, 2.75) is 27.7 Å². The first-order chi connectivity index (χ1) is 9.79. The van der Waals surface area contributed by atoms with Crippen molar-refractivity contribution in [2.75, 3.05) is 11.9 Å². The summed E-state index contributed by atoms with van der Waals surface area (Å²) in [6.07, 6.45) is 0. The second kappa shape index (κ2) is 5.14. The van der Waals surface area contributed by atoms with Crippen molar-refractivity contribution in [2.24, 2.45) is 0 Å². The third kappa shape index (κ3) is 2.23. The fourth-order valence-electron chi connectivity index (χ4n) is 2.61. The number of benzene rings is 1. The number of hydrogen-bond acceptors (Lipinski definition) is 3. The molecule has 3 heteroatoms. The maximum atomic E-state index is 9.28. The Morgan fingerprint density at radius 1 is 1.05 bits per heavy atom. The molecule has 1 aliphatic rings. The van der Waals surface area contributed by atoms with E-state index in [1.54, 1.807) is 0 Å². The molecule has 0 aromatic heterocycles. The quantitative estimate of drug-likeness (QED) is 0.771. The maximum absolute atomic E-state index is 9.28. The van der Waals surface area contributed by atoms with Gasteiger partial charge in [-0.05, 0) is 50.5 Å². The summed E-state index contributed by atoms with van der Waals surface area (Å²) < 4.78 is 0. The molecule has 0 atom stereocenters. The molecule has 0 saturated carbocycles. The number of nitriles is 1. The van der Waals surface area contributed by atoms with Crippen LogP contribution in [0.1, 0.15) is 30.5 Å². The van der Waals surface area contributed by atoms with Gasteiger partial charge in [-0.25, -0.2) is 0 Å². The standard InChI is InChI=1S/C18H21N3/c1-11-8-12(2)18(9-17(11)10-19)21-15(5)13(3)14(4)20(7)16(21)6/h8-9H,5-6H2,1-4,7H3. The molecule has 0 aliphatic carbocycles. The minimum absolute atomic E-state index is 0.683. The summed E-state index contributed by atoms with van der Waals surface area (Å²) in [4.78, 5) is 4.08. The summed E-state index contributed by atoms with van der Waals surface area (Å²) in [5.41, 5.74) is 6.92. The van der Waals surface area contributed by atoms with Gasteiger partial charge >= 0.3 is 0 Å². The highest BCUT2D eigenvalue weighted by Gasteiger charge is 2.27. The van der Waals surface area contributed by atoms with E-state index < -0.39 is 0 Å². The lowest BCUT2D eigenvalue weighted by atomic mass is 10.0. The maximum Gasteiger partial charge on any atom is 0.110 e. The fourth-order valence-corrected chi connectivity index (χ4v) is 2.61. The Hall–Kier alpha value is -2.47. The Balaban J connectivity index is 2.65. The van der Waals surface area contributed by atoms with Crippen LogP contribution in [0.15, 0.2) is 48.1 Å². The topological polar surface area (TPSA) is 30.3 Å². The van der Waals surface area contributed by atoms with Crippen LogP contribution in [0.4, 0.5) is 5.69 Å². The third-order valence-electron chi connectivity index (χ3n) is 4.30. The van der Waals surface area contributed by atoms with Crippen molar-refractivity contribution in [1.82, 2.24) is 4.90 Å². The molecule has 0 fully saturated rings. The zero-order valence-corrected chi connectivity index (χ0v) is 13.4. The molecular weight excluding hydrogens is 258 g/mol. The van der Waals surface area contributed by atoms with E-state index in [0.717, 1.165) is 39.6 Å². The number of aryl methyl sites for hydroxylation is 2. The fraction of sp³-hybridized carbons (Fsp3) is 0.278. The summed E-state index contributed by atoms with van der Waals surface area (Å²) in [6, 6.07) is 6.21. The van der Waals surface area contributed by atoms with Gasteiger partial charge in [0.15, 0.2) is 0 Å². The van der Waals surface area contributed by atoms with Crippen LogP contribution in [0.2, 0.25) is 0 Å². The molecule has 1 aliphatic heterocycles. The van der Waals surface area contributed by atoms with Gasteiger partial charge in [-0.15, -0.1) is 0 Å². The van der Waals surface area contributed by atoms with Gasteiger partial charge in [-0.1, -0.05) is 19.2 Å². The second-order valence-electron chi connectivity index (χ2n) is 5.53. The van der Waals surface area contributed by atoms with Crippen LogP contribution in [-0.2, 0) is 0 Å². The number of allylic oxidation sites excluding steroid dienone is 2. The smallest absolute Gasteiger partial charge is 0.110 e. The lowest BCUT2D eigenvalue weighted by Crippen LogP contribution is -2.36. The highest BCUT2D eigenvalue weighted by atomic mass is 15.3.